The lowest BCUT2D eigenvalue weighted by Gasteiger charge is -2.08. The molecule has 24 heavy (non-hydrogen) atoms. The molecule has 0 aromatic heterocycles. The minimum absolute atomic E-state index is 0.0570. The molecule has 4 nitrogen and oxygen atoms in total. The molecular weight excluding hydrogens is 324 g/mol. The van der Waals surface area contributed by atoms with E-state index in [0.717, 1.165) is 18.4 Å². The molecule has 128 valence electrons. The normalized spacial score (nSPS) is 23.2. The fraction of sp³-hybridized carbons (Fsp3) is 0.368. The molecule has 0 saturated carbocycles. The van der Waals surface area contributed by atoms with Crippen molar-refractivity contribution < 1.29 is 17.3 Å². The van der Waals surface area contributed by atoms with Gasteiger partial charge in [-0.1, -0.05) is 48.0 Å². The van der Waals surface area contributed by atoms with Crippen molar-refractivity contribution in [2.75, 3.05) is 6.61 Å². The molecule has 2 atom stereocenters. The summed E-state index contributed by atoms with van der Waals surface area (Å²) in [7, 11) is -3.73. The quantitative estimate of drug-likeness (QED) is 0.569. The molecule has 0 radical (unpaired) electrons. The molecule has 0 unspecified atom stereocenters. The predicted molar refractivity (Wildman–Crippen MR) is 92.4 cm³/mol. The van der Waals surface area contributed by atoms with E-state index < -0.39 is 10.1 Å². The zero-order valence-electron chi connectivity index (χ0n) is 13.9. The zero-order valence-corrected chi connectivity index (χ0v) is 14.8. The van der Waals surface area contributed by atoms with Gasteiger partial charge in [0.05, 0.1) is 17.1 Å². The second-order valence-corrected chi connectivity index (χ2v) is 8.07. The maximum Gasteiger partial charge on any atom is 0.297 e. The van der Waals surface area contributed by atoms with Gasteiger partial charge in [-0.3, -0.25) is 4.18 Å². The fourth-order valence-electron chi connectivity index (χ4n) is 2.68. The minimum atomic E-state index is -3.73. The Balaban J connectivity index is 1.52. The Labute approximate surface area is 143 Å². The van der Waals surface area contributed by atoms with Crippen LogP contribution < -0.4 is 0 Å². The number of benzene rings is 2. The molecule has 1 aliphatic heterocycles. The van der Waals surface area contributed by atoms with Crippen molar-refractivity contribution in [3.8, 4) is 0 Å². The number of hydrogen-bond donors (Lipinski definition) is 0. The zero-order chi connectivity index (χ0) is 17.2. The summed E-state index contributed by atoms with van der Waals surface area (Å²) in [5, 5.41) is 0. The third-order valence-electron chi connectivity index (χ3n) is 4.47. The van der Waals surface area contributed by atoms with Gasteiger partial charge in [-0.05, 0) is 44.4 Å². The number of aryl methyl sites for hydroxylation is 2. The van der Waals surface area contributed by atoms with E-state index in [-0.39, 0.29) is 23.2 Å². The van der Waals surface area contributed by atoms with E-state index in [1.807, 2.05) is 32.0 Å². The van der Waals surface area contributed by atoms with Crippen LogP contribution in [-0.4, -0.2) is 26.7 Å². The summed E-state index contributed by atoms with van der Waals surface area (Å²) in [6, 6.07) is 16.8. The Morgan fingerprint density at radius 2 is 1.75 bits per heavy atom. The first kappa shape index (κ1) is 17.1. The Kier molecular flexibility index (Phi) is 4.76. The molecule has 5 heteroatoms. The molecule has 3 rings (SSSR count). The van der Waals surface area contributed by atoms with E-state index >= 15 is 0 Å². The Bertz CT molecular complexity index is 784. The van der Waals surface area contributed by atoms with Gasteiger partial charge in [0.25, 0.3) is 10.1 Å². The van der Waals surface area contributed by atoms with Crippen molar-refractivity contribution in [2.24, 2.45) is 0 Å². The average Bonchev–Trinajstić information content (AvgIpc) is 3.23. The van der Waals surface area contributed by atoms with Crippen LogP contribution in [0.4, 0.5) is 0 Å². The molecule has 0 amide bonds. The predicted octanol–water partition coefficient (Wildman–Crippen LogP) is 3.49. The van der Waals surface area contributed by atoms with E-state index in [4.69, 9.17) is 8.92 Å². The number of hydrogen-bond acceptors (Lipinski definition) is 4. The average molecular weight is 346 g/mol. The van der Waals surface area contributed by atoms with Gasteiger partial charge in [-0.2, -0.15) is 8.42 Å². The van der Waals surface area contributed by atoms with Crippen LogP contribution in [0.1, 0.15) is 24.5 Å². The highest BCUT2D eigenvalue weighted by molar-refractivity contribution is 7.86. The Hall–Kier alpha value is -1.69. The van der Waals surface area contributed by atoms with E-state index in [0.29, 0.717) is 0 Å². The van der Waals surface area contributed by atoms with Crippen molar-refractivity contribution in [3.05, 3.63) is 65.7 Å². The first-order chi connectivity index (χ1) is 11.4. The fourth-order valence-corrected chi connectivity index (χ4v) is 3.59. The van der Waals surface area contributed by atoms with E-state index in [1.54, 1.807) is 24.3 Å². The van der Waals surface area contributed by atoms with Crippen molar-refractivity contribution >= 4 is 10.1 Å². The Morgan fingerprint density at radius 3 is 2.42 bits per heavy atom. The molecule has 0 aliphatic carbocycles. The van der Waals surface area contributed by atoms with Gasteiger partial charge in [-0.15, -0.1) is 0 Å². The molecule has 1 saturated heterocycles. The van der Waals surface area contributed by atoms with Gasteiger partial charge in [0.1, 0.15) is 6.10 Å². The molecule has 0 N–H and O–H groups in total. The van der Waals surface area contributed by atoms with Crippen LogP contribution in [0.3, 0.4) is 0 Å². The molecule has 2 aromatic rings. The standard InChI is InChI=1S/C19H22O4S/c1-15-8-10-17(11-9-15)24(20,21)22-14-18-19(2,23-18)13-12-16-6-4-3-5-7-16/h3-11,18H,12-14H2,1-2H3/t18-,19-/m1/s1. The van der Waals surface area contributed by atoms with Crippen LogP contribution in [-0.2, 0) is 25.5 Å². The van der Waals surface area contributed by atoms with Crippen LogP contribution in [0.15, 0.2) is 59.5 Å². The largest absolute Gasteiger partial charge is 0.364 e. The highest BCUT2D eigenvalue weighted by atomic mass is 32.2. The van der Waals surface area contributed by atoms with E-state index in [9.17, 15) is 8.42 Å². The first-order valence-corrected chi connectivity index (χ1v) is 9.48. The van der Waals surface area contributed by atoms with Gasteiger partial charge >= 0.3 is 0 Å². The van der Waals surface area contributed by atoms with Crippen molar-refractivity contribution in [1.82, 2.24) is 0 Å². The van der Waals surface area contributed by atoms with E-state index in [1.165, 1.54) is 5.56 Å². The highest BCUT2D eigenvalue weighted by Gasteiger charge is 2.52. The molecule has 1 fully saturated rings. The smallest absolute Gasteiger partial charge is 0.297 e. The lowest BCUT2D eigenvalue weighted by Crippen LogP contribution is -2.18. The van der Waals surface area contributed by atoms with Gasteiger partial charge in [0.15, 0.2) is 0 Å². The van der Waals surface area contributed by atoms with Crippen LogP contribution in [0.5, 0.6) is 0 Å². The van der Waals surface area contributed by atoms with Gasteiger partial charge in [0, 0.05) is 0 Å². The molecule has 2 aromatic carbocycles. The molecule has 0 bridgehead atoms. The third-order valence-corrected chi connectivity index (χ3v) is 5.77. The molecule has 1 aliphatic rings. The van der Waals surface area contributed by atoms with E-state index in [2.05, 4.69) is 12.1 Å². The molecule has 1 heterocycles. The Morgan fingerprint density at radius 1 is 1.08 bits per heavy atom. The summed E-state index contributed by atoms with van der Waals surface area (Å²) in [4.78, 5) is 0.180. The third kappa shape index (κ3) is 4.04. The molecular formula is C19H22O4S. The second-order valence-electron chi connectivity index (χ2n) is 6.46. The highest BCUT2D eigenvalue weighted by Crippen LogP contribution is 2.40. The van der Waals surface area contributed by atoms with Crippen molar-refractivity contribution in [2.45, 2.75) is 43.3 Å². The summed E-state index contributed by atoms with van der Waals surface area (Å²) in [6.07, 6.45) is 1.56. The van der Waals surface area contributed by atoms with Crippen LogP contribution >= 0.6 is 0 Å². The van der Waals surface area contributed by atoms with Gasteiger partial charge < -0.3 is 4.74 Å². The van der Waals surface area contributed by atoms with Crippen molar-refractivity contribution in [1.29, 1.82) is 0 Å². The van der Waals surface area contributed by atoms with Gasteiger partial charge in [-0.25, -0.2) is 0 Å². The maximum atomic E-state index is 12.2. The summed E-state index contributed by atoms with van der Waals surface area (Å²) in [6.45, 7) is 3.97. The first-order valence-electron chi connectivity index (χ1n) is 8.07. The number of ether oxygens (including phenoxy) is 1. The molecule has 0 spiro atoms. The lowest BCUT2D eigenvalue weighted by molar-refractivity contribution is 0.252. The van der Waals surface area contributed by atoms with Crippen LogP contribution in [0, 0.1) is 6.92 Å². The van der Waals surface area contributed by atoms with Crippen molar-refractivity contribution in [3.63, 3.8) is 0 Å². The summed E-state index contributed by atoms with van der Waals surface area (Å²) < 4.78 is 35.2. The summed E-state index contributed by atoms with van der Waals surface area (Å²) in [5.74, 6) is 0. The summed E-state index contributed by atoms with van der Waals surface area (Å²) in [5.41, 5.74) is 1.95. The second kappa shape index (κ2) is 6.67. The monoisotopic (exact) mass is 346 g/mol. The maximum absolute atomic E-state index is 12.2. The van der Waals surface area contributed by atoms with Crippen LogP contribution in [0.25, 0.3) is 0 Å². The SMILES string of the molecule is Cc1ccc(S(=O)(=O)OC[C@H]2O[C@]2(C)CCc2ccccc2)cc1. The minimum Gasteiger partial charge on any atom is -0.364 e. The lowest BCUT2D eigenvalue weighted by atomic mass is 9.98. The van der Waals surface area contributed by atoms with Gasteiger partial charge in [0.2, 0.25) is 0 Å². The number of rotatable bonds is 7. The van der Waals surface area contributed by atoms with Crippen LogP contribution in [0.2, 0.25) is 0 Å². The summed E-state index contributed by atoms with van der Waals surface area (Å²) >= 11 is 0. The topological polar surface area (TPSA) is 55.9 Å². The number of epoxide rings is 1.